The van der Waals surface area contributed by atoms with Crippen LogP contribution in [0.4, 0.5) is 0 Å². The second-order valence-corrected chi connectivity index (χ2v) is 6.26. The van der Waals surface area contributed by atoms with Crippen molar-refractivity contribution < 1.29 is 4.52 Å². The molecule has 1 saturated carbocycles. The fourth-order valence-electron chi connectivity index (χ4n) is 3.31. The van der Waals surface area contributed by atoms with Crippen LogP contribution in [-0.2, 0) is 0 Å². The van der Waals surface area contributed by atoms with Crippen molar-refractivity contribution in [3.8, 4) is 11.6 Å². The average molecular weight is 300 g/mol. The molecule has 0 aromatic carbocycles. The Hall–Kier alpha value is -1.78. The highest BCUT2D eigenvalue weighted by Crippen LogP contribution is 2.37. The molecule has 118 valence electrons. The van der Waals surface area contributed by atoms with E-state index in [0.29, 0.717) is 17.5 Å². The van der Waals surface area contributed by atoms with Crippen LogP contribution in [-0.4, -0.2) is 20.1 Å². The van der Waals surface area contributed by atoms with Crippen LogP contribution in [0, 0.1) is 5.92 Å². The summed E-state index contributed by atoms with van der Waals surface area (Å²) in [6, 6.07) is 0. The van der Waals surface area contributed by atoms with Gasteiger partial charge in [-0.15, -0.1) is 0 Å². The topological polar surface area (TPSA) is 64.7 Å². The highest BCUT2D eigenvalue weighted by Gasteiger charge is 2.26. The summed E-state index contributed by atoms with van der Waals surface area (Å²) in [5.41, 5.74) is 0.648. The first-order valence-electron chi connectivity index (χ1n) is 8.46. The largest absolute Gasteiger partial charge is 0.332 e. The molecule has 0 N–H and O–H groups in total. The van der Waals surface area contributed by atoms with Crippen LogP contribution in [0.15, 0.2) is 23.1 Å². The fraction of sp³-hybridized carbons (Fsp3) is 0.647. The van der Waals surface area contributed by atoms with Gasteiger partial charge in [0, 0.05) is 18.3 Å². The Morgan fingerprint density at radius 1 is 1.14 bits per heavy atom. The molecule has 0 bridgehead atoms. The molecule has 22 heavy (non-hydrogen) atoms. The van der Waals surface area contributed by atoms with E-state index in [1.165, 1.54) is 51.4 Å². The van der Waals surface area contributed by atoms with E-state index in [2.05, 4.69) is 27.0 Å². The molecule has 1 fully saturated rings. The molecule has 0 amide bonds. The first-order valence-corrected chi connectivity index (χ1v) is 8.46. The van der Waals surface area contributed by atoms with Crippen LogP contribution in [0.3, 0.4) is 0 Å². The predicted octanol–water partition coefficient (Wildman–Crippen LogP) is 4.38. The lowest BCUT2D eigenvalue weighted by molar-refractivity contribution is 0.292. The lowest BCUT2D eigenvalue weighted by Crippen LogP contribution is -2.14. The first kappa shape index (κ1) is 15.1. The predicted molar refractivity (Wildman–Crippen MR) is 84.2 cm³/mol. The smallest absolute Gasteiger partial charge is 0.278 e. The Kier molecular flexibility index (Phi) is 5.14. The van der Waals surface area contributed by atoms with Crippen LogP contribution >= 0.6 is 0 Å². The molecule has 5 heteroatoms. The Labute approximate surface area is 131 Å². The van der Waals surface area contributed by atoms with Crippen molar-refractivity contribution in [3.05, 3.63) is 24.4 Å². The number of hydrogen-bond donors (Lipinski definition) is 0. The van der Waals surface area contributed by atoms with Crippen molar-refractivity contribution in [2.75, 3.05) is 0 Å². The van der Waals surface area contributed by atoms with E-state index >= 15 is 0 Å². The summed E-state index contributed by atoms with van der Waals surface area (Å²) in [5, 5.41) is 4.16. The summed E-state index contributed by atoms with van der Waals surface area (Å²) >= 11 is 0. The molecule has 2 heterocycles. The maximum absolute atomic E-state index is 5.35. The van der Waals surface area contributed by atoms with E-state index in [9.17, 15) is 0 Å². The van der Waals surface area contributed by atoms with Gasteiger partial charge in [-0.1, -0.05) is 37.8 Å². The Balaban J connectivity index is 1.55. The molecular weight excluding hydrogens is 276 g/mol. The highest BCUT2D eigenvalue weighted by atomic mass is 16.5. The van der Waals surface area contributed by atoms with E-state index in [-0.39, 0.29) is 0 Å². The van der Waals surface area contributed by atoms with E-state index in [0.717, 1.165) is 11.7 Å². The number of rotatable bonds is 6. The number of hydrogen-bond acceptors (Lipinski definition) is 5. The third-order valence-electron chi connectivity index (χ3n) is 4.65. The van der Waals surface area contributed by atoms with Crippen LogP contribution < -0.4 is 0 Å². The molecule has 0 aliphatic heterocycles. The van der Waals surface area contributed by atoms with Crippen molar-refractivity contribution in [1.82, 2.24) is 20.1 Å². The van der Waals surface area contributed by atoms with Gasteiger partial charge in [-0.3, -0.25) is 4.98 Å². The highest BCUT2D eigenvalue weighted by molar-refractivity contribution is 5.43. The molecule has 2 aromatic heterocycles. The van der Waals surface area contributed by atoms with Crippen LogP contribution in [0.1, 0.15) is 70.0 Å². The second-order valence-electron chi connectivity index (χ2n) is 6.26. The van der Waals surface area contributed by atoms with Gasteiger partial charge in [0.2, 0.25) is 0 Å². The SMILES string of the molecule is CCCCCC1CCC(c2noc(-c3cnccn3)n2)CC1. The zero-order chi connectivity index (χ0) is 15.2. The van der Waals surface area contributed by atoms with Crippen LogP contribution in [0.25, 0.3) is 11.6 Å². The zero-order valence-electron chi connectivity index (χ0n) is 13.2. The van der Waals surface area contributed by atoms with Crippen molar-refractivity contribution >= 4 is 0 Å². The van der Waals surface area contributed by atoms with Gasteiger partial charge in [0.05, 0.1) is 6.20 Å². The monoisotopic (exact) mass is 300 g/mol. The maximum Gasteiger partial charge on any atom is 0.278 e. The molecule has 3 rings (SSSR count). The van der Waals surface area contributed by atoms with Gasteiger partial charge in [0.1, 0.15) is 5.69 Å². The molecule has 0 atom stereocenters. The normalized spacial score (nSPS) is 21.9. The van der Waals surface area contributed by atoms with Gasteiger partial charge >= 0.3 is 0 Å². The number of unbranched alkanes of at least 4 members (excludes halogenated alkanes) is 2. The molecule has 0 spiro atoms. The molecule has 0 unspecified atom stereocenters. The number of nitrogens with zero attached hydrogens (tertiary/aromatic N) is 4. The molecule has 1 aliphatic carbocycles. The van der Waals surface area contributed by atoms with Crippen molar-refractivity contribution in [2.45, 2.75) is 64.2 Å². The first-order chi connectivity index (χ1) is 10.9. The summed E-state index contributed by atoms with van der Waals surface area (Å²) < 4.78 is 5.35. The third kappa shape index (κ3) is 3.70. The summed E-state index contributed by atoms with van der Waals surface area (Å²) in [7, 11) is 0. The standard InChI is InChI=1S/C17H24N4O/c1-2-3-4-5-13-6-8-14(9-7-13)16-20-17(22-21-16)15-12-18-10-11-19-15/h10-14H,2-9H2,1H3. The average Bonchev–Trinajstić information content (AvgIpc) is 3.07. The van der Waals surface area contributed by atoms with E-state index < -0.39 is 0 Å². The summed E-state index contributed by atoms with van der Waals surface area (Å²) in [6.45, 7) is 2.27. The molecule has 2 aromatic rings. The van der Waals surface area contributed by atoms with Crippen molar-refractivity contribution in [1.29, 1.82) is 0 Å². The summed E-state index contributed by atoms with van der Waals surface area (Å²) in [5.74, 6) is 2.66. The summed E-state index contributed by atoms with van der Waals surface area (Å²) in [6.07, 6.45) is 15.3. The molecule has 0 radical (unpaired) electrons. The molecule has 5 nitrogen and oxygen atoms in total. The Morgan fingerprint density at radius 3 is 2.73 bits per heavy atom. The van der Waals surface area contributed by atoms with Crippen LogP contribution in [0.2, 0.25) is 0 Å². The van der Waals surface area contributed by atoms with Gasteiger partial charge in [0.25, 0.3) is 5.89 Å². The third-order valence-corrected chi connectivity index (χ3v) is 4.65. The van der Waals surface area contributed by atoms with E-state index in [1.807, 2.05) is 0 Å². The molecular formula is C17H24N4O. The minimum absolute atomic E-state index is 0.441. The minimum atomic E-state index is 0.441. The lowest BCUT2D eigenvalue weighted by atomic mass is 9.79. The van der Waals surface area contributed by atoms with Crippen molar-refractivity contribution in [3.63, 3.8) is 0 Å². The Morgan fingerprint density at radius 2 is 2.00 bits per heavy atom. The maximum atomic E-state index is 5.35. The van der Waals surface area contributed by atoms with Gasteiger partial charge in [0.15, 0.2) is 5.82 Å². The number of aromatic nitrogens is 4. The fourth-order valence-corrected chi connectivity index (χ4v) is 3.31. The Bertz CT molecular complexity index is 561. The van der Waals surface area contributed by atoms with Crippen LogP contribution in [0.5, 0.6) is 0 Å². The zero-order valence-corrected chi connectivity index (χ0v) is 13.2. The van der Waals surface area contributed by atoms with Gasteiger partial charge < -0.3 is 4.52 Å². The summed E-state index contributed by atoms with van der Waals surface area (Å²) in [4.78, 5) is 12.8. The molecule has 1 aliphatic rings. The second kappa shape index (κ2) is 7.47. The van der Waals surface area contributed by atoms with E-state index in [1.54, 1.807) is 18.6 Å². The minimum Gasteiger partial charge on any atom is -0.332 e. The van der Waals surface area contributed by atoms with E-state index in [4.69, 9.17) is 4.52 Å². The quantitative estimate of drug-likeness (QED) is 0.741. The van der Waals surface area contributed by atoms with Crippen molar-refractivity contribution in [2.24, 2.45) is 5.92 Å². The van der Waals surface area contributed by atoms with Gasteiger partial charge in [-0.25, -0.2) is 4.98 Å². The molecule has 0 saturated heterocycles. The lowest BCUT2D eigenvalue weighted by Gasteiger charge is -2.26. The van der Waals surface area contributed by atoms with Gasteiger partial charge in [-0.05, 0) is 31.6 Å². The van der Waals surface area contributed by atoms with Gasteiger partial charge in [-0.2, -0.15) is 4.98 Å².